The molecule has 0 aliphatic carbocycles. The van der Waals surface area contributed by atoms with E-state index in [-0.39, 0.29) is 0 Å². The van der Waals surface area contributed by atoms with Gasteiger partial charge in [0, 0.05) is 12.0 Å². The van der Waals surface area contributed by atoms with Crippen LogP contribution in [0, 0.1) is 0 Å². The van der Waals surface area contributed by atoms with Crippen molar-refractivity contribution < 1.29 is 10.2 Å². The fourth-order valence-electron chi connectivity index (χ4n) is 1.22. The lowest BCUT2D eigenvalue weighted by Crippen LogP contribution is -1.72. The number of fused-ring (bicyclic) bond motifs is 1. The number of hydrogen-bond acceptors (Lipinski definition) is 3. The van der Waals surface area contributed by atoms with Gasteiger partial charge in [0.1, 0.15) is 5.75 Å². The van der Waals surface area contributed by atoms with Crippen molar-refractivity contribution in [3.8, 4) is 5.75 Å². The summed E-state index contributed by atoms with van der Waals surface area (Å²) in [6, 6.07) is 11.1. The second kappa shape index (κ2) is 4.88. The number of rotatable bonds is 0. The summed E-state index contributed by atoms with van der Waals surface area (Å²) in [5, 5.41) is 18.3. The van der Waals surface area contributed by atoms with E-state index in [1.807, 2.05) is 24.3 Å². The second-order valence-corrected chi connectivity index (χ2v) is 3.23. The smallest absolute Gasteiger partial charge is 0.116 e. The minimum absolute atomic E-state index is 0.300. The van der Waals surface area contributed by atoms with Gasteiger partial charge in [0.2, 0.25) is 0 Å². The molecule has 0 saturated carbocycles. The molecule has 0 aliphatic heterocycles. The third-order valence-corrected chi connectivity index (χ3v) is 2.09. The van der Waals surface area contributed by atoms with E-state index >= 15 is 0 Å². The lowest BCUT2D eigenvalue weighted by Gasteiger charge is -1.98. The highest BCUT2D eigenvalue weighted by atomic mass is 32.1. The van der Waals surface area contributed by atoms with Gasteiger partial charge >= 0.3 is 0 Å². The van der Waals surface area contributed by atoms with E-state index in [1.165, 1.54) is 0 Å². The van der Waals surface area contributed by atoms with Crippen molar-refractivity contribution in [3.63, 3.8) is 0 Å². The molecular formula is C11H12O2S. The Kier molecular flexibility index (Phi) is 3.80. The first-order chi connectivity index (χ1) is 6.75. The van der Waals surface area contributed by atoms with E-state index in [0.29, 0.717) is 5.75 Å². The number of benzene rings is 2. The van der Waals surface area contributed by atoms with Gasteiger partial charge in [0.15, 0.2) is 0 Å². The van der Waals surface area contributed by atoms with Crippen LogP contribution in [0.4, 0.5) is 0 Å². The van der Waals surface area contributed by atoms with Gasteiger partial charge in [-0.05, 0) is 35.0 Å². The number of aliphatic hydroxyl groups excluding tert-OH is 1. The summed E-state index contributed by atoms with van der Waals surface area (Å²) >= 11 is 4.22. The maximum Gasteiger partial charge on any atom is 0.116 e. The van der Waals surface area contributed by atoms with E-state index in [1.54, 1.807) is 12.1 Å². The quantitative estimate of drug-likeness (QED) is 0.582. The molecule has 2 rings (SSSR count). The van der Waals surface area contributed by atoms with Gasteiger partial charge in [-0.2, -0.15) is 0 Å². The van der Waals surface area contributed by atoms with E-state index < -0.39 is 0 Å². The molecule has 0 fully saturated rings. The standard InChI is InChI=1S/C10H8OS.CH4O/c11-9-3-1-8-6-10(12)4-2-7(8)5-9;1-2/h1-6,11-12H;2H,1H3. The second-order valence-electron chi connectivity index (χ2n) is 2.72. The Balaban J connectivity index is 0.000000461. The molecule has 2 aromatic rings. The van der Waals surface area contributed by atoms with Crippen LogP contribution in [0.15, 0.2) is 41.3 Å². The highest BCUT2D eigenvalue weighted by molar-refractivity contribution is 7.80. The predicted octanol–water partition coefficient (Wildman–Crippen LogP) is 2.44. The third-order valence-electron chi connectivity index (χ3n) is 1.81. The molecule has 0 saturated heterocycles. The van der Waals surface area contributed by atoms with Gasteiger partial charge < -0.3 is 10.2 Å². The fraction of sp³-hybridized carbons (Fsp3) is 0.0909. The summed E-state index contributed by atoms with van der Waals surface area (Å²) in [6.45, 7) is 0. The van der Waals surface area contributed by atoms with Gasteiger partial charge in [-0.25, -0.2) is 0 Å². The van der Waals surface area contributed by atoms with E-state index in [2.05, 4.69) is 12.6 Å². The van der Waals surface area contributed by atoms with E-state index in [9.17, 15) is 5.11 Å². The summed E-state index contributed by atoms with van der Waals surface area (Å²) in [5.74, 6) is 0.300. The van der Waals surface area contributed by atoms with Crippen molar-refractivity contribution in [1.82, 2.24) is 0 Å². The molecule has 0 aromatic heterocycles. The molecular weight excluding hydrogens is 196 g/mol. The molecule has 74 valence electrons. The summed E-state index contributed by atoms with van der Waals surface area (Å²) in [4.78, 5) is 0.938. The molecule has 0 unspecified atom stereocenters. The first-order valence-corrected chi connectivity index (χ1v) is 4.57. The molecule has 0 aliphatic rings. The summed E-state index contributed by atoms with van der Waals surface area (Å²) < 4.78 is 0. The zero-order valence-electron chi connectivity index (χ0n) is 7.81. The molecule has 2 nitrogen and oxygen atoms in total. The summed E-state index contributed by atoms with van der Waals surface area (Å²) in [5.41, 5.74) is 0. The lowest BCUT2D eigenvalue weighted by molar-refractivity contribution is 0.399. The molecule has 0 spiro atoms. The first-order valence-electron chi connectivity index (χ1n) is 4.12. The lowest BCUT2D eigenvalue weighted by atomic mass is 10.1. The van der Waals surface area contributed by atoms with Crippen LogP contribution in [0.3, 0.4) is 0 Å². The summed E-state index contributed by atoms with van der Waals surface area (Å²) in [7, 11) is 1.00. The molecule has 2 N–H and O–H groups in total. The van der Waals surface area contributed by atoms with Crippen LogP contribution in [-0.2, 0) is 0 Å². The van der Waals surface area contributed by atoms with Crippen molar-refractivity contribution in [2.75, 3.05) is 7.11 Å². The van der Waals surface area contributed by atoms with Crippen LogP contribution in [0.5, 0.6) is 5.75 Å². The number of aromatic hydroxyl groups is 1. The van der Waals surface area contributed by atoms with Gasteiger partial charge in [0.05, 0.1) is 0 Å². The number of phenolic OH excluding ortho intramolecular Hbond substituents is 1. The average Bonchev–Trinajstić information content (AvgIpc) is 2.21. The average molecular weight is 208 g/mol. The van der Waals surface area contributed by atoms with Crippen LogP contribution < -0.4 is 0 Å². The number of thiol groups is 1. The molecule has 0 amide bonds. The van der Waals surface area contributed by atoms with E-state index in [4.69, 9.17) is 5.11 Å². The first kappa shape index (κ1) is 10.9. The molecule has 14 heavy (non-hydrogen) atoms. The van der Waals surface area contributed by atoms with Gasteiger partial charge in [-0.3, -0.25) is 0 Å². The zero-order chi connectivity index (χ0) is 10.6. The normalized spacial score (nSPS) is 9.36. The highest BCUT2D eigenvalue weighted by Crippen LogP contribution is 2.21. The van der Waals surface area contributed by atoms with Gasteiger partial charge in [-0.1, -0.05) is 12.1 Å². The minimum atomic E-state index is 0.300. The monoisotopic (exact) mass is 208 g/mol. The van der Waals surface area contributed by atoms with Gasteiger partial charge in [0.25, 0.3) is 0 Å². The Morgan fingerprint density at radius 1 is 0.929 bits per heavy atom. The Hall–Kier alpha value is -1.19. The molecule has 0 radical (unpaired) electrons. The van der Waals surface area contributed by atoms with Crippen LogP contribution in [-0.4, -0.2) is 17.3 Å². The fourth-order valence-corrected chi connectivity index (χ4v) is 1.43. The molecule has 3 heteroatoms. The molecule has 0 atom stereocenters. The maximum absolute atomic E-state index is 9.18. The van der Waals surface area contributed by atoms with Crippen molar-refractivity contribution >= 4 is 23.4 Å². The topological polar surface area (TPSA) is 40.5 Å². The maximum atomic E-state index is 9.18. The minimum Gasteiger partial charge on any atom is -0.508 e. The van der Waals surface area contributed by atoms with E-state index in [0.717, 1.165) is 22.8 Å². The Labute approximate surface area is 88.2 Å². The van der Waals surface area contributed by atoms with Crippen LogP contribution in [0.1, 0.15) is 0 Å². The van der Waals surface area contributed by atoms with Crippen molar-refractivity contribution in [2.45, 2.75) is 4.90 Å². The predicted molar refractivity (Wildman–Crippen MR) is 61.0 cm³/mol. The zero-order valence-corrected chi connectivity index (χ0v) is 8.70. The number of hydrogen-bond donors (Lipinski definition) is 3. The Morgan fingerprint density at radius 3 is 2.21 bits per heavy atom. The highest BCUT2D eigenvalue weighted by Gasteiger charge is 1.94. The number of aliphatic hydroxyl groups is 1. The van der Waals surface area contributed by atoms with Gasteiger partial charge in [-0.15, -0.1) is 12.6 Å². The summed E-state index contributed by atoms with van der Waals surface area (Å²) in [6.07, 6.45) is 0. The third kappa shape index (κ3) is 2.40. The van der Waals surface area contributed by atoms with Crippen LogP contribution >= 0.6 is 12.6 Å². The molecule has 0 heterocycles. The van der Waals surface area contributed by atoms with Crippen LogP contribution in [0.25, 0.3) is 10.8 Å². The number of phenols is 1. The largest absolute Gasteiger partial charge is 0.508 e. The van der Waals surface area contributed by atoms with Crippen molar-refractivity contribution in [1.29, 1.82) is 0 Å². The molecule has 2 aromatic carbocycles. The Bertz CT molecular complexity index is 385. The van der Waals surface area contributed by atoms with Crippen molar-refractivity contribution in [3.05, 3.63) is 36.4 Å². The Morgan fingerprint density at radius 2 is 1.50 bits per heavy atom. The SMILES string of the molecule is CO.Oc1ccc2cc(S)ccc2c1. The van der Waals surface area contributed by atoms with Crippen LogP contribution in [0.2, 0.25) is 0 Å². The van der Waals surface area contributed by atoms with Crippen molar-refractivity contribution in [2.24, 2.45) is 0 Å². The molecule has 0 bridgehead atoms.